The van der Waals surface area contributed by atoms with E-state index in [1.54, 1.807) is 6.92 Å². The van der Waals surface area contributed by atoms with Crippen LogP contribution in [0.1, 0.15) is 12.5 Å². The summed E-state index contributed by atoms with van der Waals surface area (Å²) in [6.07, 6.45) is 0. The van der Waals surface area contributed by atoms with Crippen LogP contribution in [0.5, 0.6) is 0 Å². The molecule has 2 aromatic carbocycles. The van der Waals surface area contributed by atoms with E-state index < -0.39 is 16.1 Å². The first-order valence-corrected chi connectivity index (χ1v) is 9.42. The number of rotatable bonds is 6. The van der Waals surface area contributed by atoms with Crippen molar-refractivity contribution in [3.63, 3.8) is 0 Å². The molecule has 1 N–H and O–H groups in total. The van der Waals surface area contributed by atoms with Crippen molar-refractivity contribution in [3.05, 3.63) is 63.2 Å². The van der Waals surface area contributed by atoms with Gasteiger partial charge in [-0.05, 0) is 31.5 Å². The number of nitro benzene ring substituents is 1. The Morgan fingerprint density at radius 1 is 1.29 bits per heavy atom. The Morgan fingerprint density at radius 3 is 2.75 bits per heavy atom. The number of aromatic nitrogens is 2. The number of aryl methyl sites for hydroxylation is 1. The molecule has 0 saturated heterocycles. The van der Waals surface area contributed by atoms with Crippen molar-refractivity contribution in [2.24, 2.45) is 0 Å². The number of amides is 1. The summed E-state index contributed by atoms with van der Waals surface area (Å²) in [5.74, 6) is -0.0297. The topological polar surface area (TPSA) is 111 Å². The summed E-state index contributed by atoms with van der Waals surface area (Å²) in [5.41, 5.74) is 1.82. The van der Waals surface area contributed by atoms with Gasteiger partial charge >= 0.3 is 0 Å². The molecule has 10 heteroatoms. The first kappa shape index (κ1) is 19.8. The van der Waals surface area contributed by atoms with Crippen LogP contribution in [0.2, 0.25) is 5.02 Å². The smallest absolute Gasteiger partial charge is 0.277 e. The molecular weight excluding hydrogens is 404 g/mol. The van der Waals surface area contributed by atoms with Crippen LogP contribution in [0.3, 0.4) is 0 Å². The Balaban J connectivity index is 1.69. The zero-order valence-electron chi connectivity index (χ0n) is 14.9. The first-order valence-electron chi connectivity index (χ1n) is 8.16. The summed E-state index contributed by atoms with van der Waals surface area (Å²) >= 11 is 7.09. The fourth-order valence-corrected chi connectivity index (χ4v) is 3.19. The molecule has 144 valence electrons. The van der Waals surface area contributed by atoms with E-state index in [2.05, 4.69) is 15.5 Å². The number of nitrogens with zero attached hydrogens (tertiary/aromatic N) is 3. The summed E-state index contributed by atoms with van der Waals surface area (Å²) in [5, 5.41) is 21.3. The van der Waals surface area contributed by atoms with Crippen molar-refractivity contribution in [2.45, 2.75) is 24.3 Å². The summed E-state index contributed by atoms with van der Waals surface area (Å²) in [7, 11) is 0. The Kier molecular flexibility index (Phi) is 5.96. The fraction of sp³-hybridized carbons (Fsp3) is 0.167. The second kappa shape index (κ2) is 8.41. The van der Waals surface area contributed by atoms with Gasteiger partial charge in [0.1, 0.15) is 0 Å². The molecule has 0 aliphatic rings. The van der Waals surface area contributed by atoms with Crippen LogP contribution in [0.4, 0.5) is 11.4 Å². The standard InChI is InChI=1S/C18H15ClN4O4S/c1-10-5-3-4-6-13(10)17-21-22-18(27-17)28-11(2)16(24)20-15-9-12(23(25)26)7-8-14(15)19/h3-9,11H,1-2H3,(H,20,24). The molecule has 0 fully saturated rings. The normalized spacial score (nSPS) is 11.8. The Hall–Kier alpha value is -2.91. The number of hydrogen-bond acceptors (Lipinski definition) is 7. The van der Waals surface area contributed by atoms with Crippen molar-refractivity contribution < 1.29 is 14.1 Å². The number of nitrogens with one attached hydrogen (secondary N) is 1. The third-order valence-corrected chi connectivity index (χ3v) is 5.11. The molecule has 1 heterocycles. The minimum Gasteiger partial charge on any atom is -0.411 e. The van der Waals surface area contributed by atoms with Crippen LogP contribution in [0, 0.1) is 17.0 Å². The highest BCUT2D eigenvalue weighted by Crippen LogP contribution is 2.30. The first-order chi connectivity index (χ1) is 13.3. The number of benzene rings is 2. The average molecular weight is 419 g/mol. The van der Waals surface area contributed by atoms with Crippen LogP contribution in [0.15, 0.2) is 52.1 Å². The summed E-state index contributed by atoms with van der Waals surface area (Å²) in [4.78, 5) is 22.8. The highest BCUT2D eigenvalue weighted by Gasteiger charge is 2.21. The molecule has 0 saturated carbocycles. The van der Waals surface area contributed by atoms with E-state index in [0.29, 0.717) is 5.89 Å². The molecule has 1 amide bonds. The predicted molar refractivity (Wildman–Crippen MR) is 107 cm³/mol. The average Bonchev–Trinajstić information content (AvgIpc) is 3.11. The quantitative estimate of drug-likeness (QED) is 0.350. The monoisotopic (exact) mass is 418 g/mol. The van der Waals surface area contributed by atoms with Gasteiger partial charge in [0.2, 0.25) is 11.8 Å². The number of thioether (sulfide) groups is 1. The second-order valence-corrected chi connectivity index (χ2v) is 7.56. The van der Waals surface area contributed by atoms with Gasteiger partial charge in [-0.1, -0.05) is 41.6 Å². The summed E-state index contributed by atoms with van der Waals surface area (Å²) < 4.78 is 5.64. The van der Waals surface area contributed by atoms with Gasteiger partial charge in [-0.15, -0.1) is 10.2 Å². The molecule has 0 aliphatic carbocycles. The van der Waals surface area contributed by atoms with Crippen molar-refractivity contribution in [3.8, 4) is 11.5 Å². The number of non-ortho nitro benzene ring substituents is 1. The number of carbonyl (C=O) groups excluding carboxylic acids is 1. The lowest BCUT2D eigenvalue weighted by Crippen LogP contribution is -2.22. The van der Waals surface area contributed by atoms with Crippen LogP contribution in [0.25, 0.3) is 11.5 Å². The lowest BCUT2D eigenvalue weighted by atomic mass is 10.1. The predicted octanol–water partition coefficient (Wildman–Crippen LogP) is 4.73. The number of nitro groups is 1. The van der Waals surface area contributed by atoms with E-state index in [1.165, 1.54) is 18.2 Å². The molecule has 0 spiro atoms. The van der Waals surface area contributed by atoms with E-state index in [9.17, 15) is 14.9 Å². The summed E-state index contributed by atoms with van der Waals surface area (Å²) in [6.45, 7) is 3.59. The Morgan fingerprint density at radius 2 is 2.04 bits per heavy atom. The number of halogens is 1. The van der Waals surface area contributed by atoms with Crippen LogP contribution in [-0.2, 0) is 4.79 Å². The van der Waals surface area contributed by atoms with Gasteiger partial charge in [0, 0.05) is 17.7 Å². The van der Waals surface area contributed by atoms with Gasteiger partial charge in [0.15, 0.2) is 0 Å². The zero-order valence-corrected chi connectivity index (χ0v) is 16.5. The van der Waals surface area contributed by atoms with E-state index in [4.69, 9.17) is 16.0 Å². The third kappa shape index (κ3) is 4.49. The SMILES string of the molecule is Cc1ccccc1-c1nnc(SC(C)C(=O)Nc2cc([N+](=O)[O-])ccc2Cl)o1. The highest BCUT2D eigenvalue weighted by molar-refractivity contribution is 8.00. The minimum absolute atomic E-state index is 0.166. The van der Waals surface area contributed by atoms with Crippen molar-refractivity contribution >= 4 is 40.6 Å². The van der Waals surface area contributed by atoms with Crippen molar-refractivity contribution in [1.29, 1.82) is 0 Å². The highest BCUT2D eigenvalue weighted by atomic mass is 35.5. The molecule has 3 rings (SSSR count). The van der Waals surface area contributed by atoms with Crippen molar-refractivity contribution in [1.82, 2.24) is 10.2 Å². The lowest BCUT2D eigenvalue weighted by Gasteiger charge is -2.11. The maximum atomic E-state index is 12.4. The molecule has 28 heavy (non-hydrogen) atoms. The zero-order chi connectivity index (χ0) is 20.3. The second-order valence-electron chi connectivity index (χ2n) is 5.86. The molecule has 1 unspecified atom stereocenters. The van der Waals surface area contributed by atoms with Crippen LogP contribution in [-0.4, -0.2) is 26.3 Å². The lowest BCUT2D eigenvalue weighted by molar-refractivity contribution is -0.384. The maximum absolute atomic E-state index is 12.4. The van der Waals surface area contributed by atoms with Crippen LogP contribution >= 0.6 is 23.4 Å². The van der Waals surface area contributed by atoms with Gasteiger partial charge in [-0.3, -0.25) is 14.9 Å². The molecular formula is C18H15ClN4O4S. The van der Waals surface area contributed by atoms with Gasteiger partial charge in [0.05, 0.1) is 20.9 Å². The third-order valence-electron chi connectivity index (χ3n) is 3.85. The van der Waals surface area contributed by atoms with Gasteiger partial charge < -0.3 is 9.73 Å². The molecule has 1 aromatic heterocycles. The largest absolute Gasteiger partial charge is 0.411 e. The number of hydrogen-bond donors (Lipinski definition) is 1. The van der Waals surface area contributed by atoms with Gasteiger partial charge in [-0.25, -0.2) is 0 Å². The van der Waals surface area contributed by atoms with E-state index >= 15 is 0 Å². The molecule has 0 bridgehead atoms. The Bertz CT molecular complexity index is 1040. The van der Waals surface area contributed by atoms with E-state index in [0.717, 1.165) is 22.9 Å². The Labute approximate surface area is 169 Å². The van der Waals surface area contributed by atoms with Crippen molar-refractivity contribution in [2.75, 3.05) is 5.32 Å². The fourth-order valence-electron chi connectivity index (χ4n) is 2.34. The van der Waals surface area contributed by atoms with Crippen LogP contribution < -0.4 is 5.32 Å². The van der Waals surface area contributed by atoms with E-state index in [-0.39, 0.29) is 21.6 Å². The maximum Gasteiger partial charge on any atom is 0.277 e. The number of anilines is 1. The molecule has 1 atom stereocenters. The minimum atomic E-state index is -0.597. The molecule has 3 aromatic rings. The summed E-state index contributed by atoms with van der Waals surface area (Å²) in [6, 6.07) is 11.4. The van der Waals surface area contributed by atoms with Gasteiger partial charge in [0.25, 0.3) is 10.9 Å². The van der Waals surface area contributed by atoms with Gasteiger partial charge in [-0.2, -0.15) is 0 Å². The molecule has 0 radical (unpaired) electrons. The van der Waals surface area contributed by atoms with E-state index in [1.807, 2.05) is 31.2 Å². The molecule has 0 aliphatic heterocycles. The number of carbonyl (C=O) groups is 1. The molecule has 8 nitrogen and oxygen atoms in total.